The highest BCUT2D eigenvalue weighted by Crippen LogP contribution is 2.30. The first-order chi connectivity index (χ1) is 9.02. The second-order valence-corrected chi connectivity index (χ2v) is 4.69. The Morgan fingerprint density at radius 1 is 1.47 bits per heavy atom. The van der Waals surface area contributed by atoms with E-state index in [-0.39, 0.29) is 11.9 Å². The summed E-state index contributed by atoms with van der Waals surface area (Å²) >= 11 is 0. The fourth-order valence-corrected chi connectivity index (χ4v) is 2.18. The summed E-state index contributed by atoms with van der Waals surface area (Å²) in [5.74, 6) is -0.104. The summed E-state index contributed by atoms with van der Waals surface area (Å²) in [6, 6.07) is 5.92. The van der Waals surface area contributed by atoms with Crippen LogP contribution in [-0.2, 0) is 20.7 Å². The molecule has 1 heterocycles. The Bertz CT molecular complexity index is 513. The summed E-state index contributed by atoms with van der Waals surface area (Å²) in [5, 5.41) is 0. The van der Waals surface area contributed by atoms with Gasteiger partial charge in [0.25, 0.3) is 0 Å². The van der Waals surface area contributed by atoms with Crippen LogP contribution in [0.2, 0.25) is 0 Å². The zero-order chi connectivity index (χ0) is 14.0. The smallest absolute Gasteiger partial charge is 0.307 e. The maximum atomic E-state index is 11.6. The van der Waals surface area contributed by atoms with Gasteiger partial charge in [-0.1, -0.05) is 0 Å². The van der Waals surface area contributed by atoms with Crippen molar-refractivity contribution in [2.75, 3.05) is 37.5 Å². The third-order valence-electron chi connectivity index (χ3n) is 3.46. The van der Waals surface area contributed by atoms with Gasteiger partial charge < -0.3 is 14.5 Å². The van der Waals surface area contributed by atoms with Gasteiger partial charge in [0.15, 0.2) is 0 Å². The number of methoxy groups -OCH3 is 1. The average Bonchev–Trinajstić information content (AvgIpc) is 2.70. The number of rotatable bonds is 4. The normalized spacial score (nSPS) is 13.4. The molecule has 2 rings (SSSR count). The first kappa shape index (κ1) is 13.4. The van der Waals surface area contributed by atoms with Crippen molar-refractivity contribution in [3.63, 3.8) is 0 Å². The molecule has 0 spiro atoms. The molecule has 0 N–H and O–H groups in total. The summed E-state index contributed by atoms with van der Waals surface area (Å²) in [6.45, 7) is 0.593. The number of amides is 1. The van der Waals surface area contributed by atoms with Gasteiger partial charge in [-0.3, -0.25) is 9.59 Å². The van der Waals surface area contributed by atoms with Gasteiger partial charge in [-0.2, -0.15) is 0 Å². The Morgan fingerprint density at radius 2 is 2.21 bits per heavy atom. The largest absolute Gasteiger partial charge is 0.469 e. The van der Waals surface area contributed by atoms with Gasteiger partial charge in [0.2, 0.25) is 5.91 Å². The molecule has 0 unspecified atom stereocenters. The van der Waals surface area contributed by atoms with Gasteiger partial charge in [-0.25, -0.2) is 0 Å². The molecule has 1 aliphatic rings. The standard InChI is InChI=1S/C14H18N2O3/c1-15(7-6-14(18)19-3)11-4-5-12-10(8-11)9-13(17)16(12)2/h4-5,8H,6-7,9H2,1-3H3. The zero-order valence-corrected chi connectivity index (χ0v) is 11.5. The highest BCUT2D eigenvalue weighted by Gasteiger charge is 2.24. The molecule has 5 nitrogen and oxygen atoms in total. The molecule has 102 valence electrons. The van der Waals surface area contributed by atoms with Gasteiger partial charge >= 0.3 is 5.97 Å². The lowest BCUT2D eigenvalue weighted by molar-refractivity contribution is -0.140. The molecule has 1 amide bonds. The minimum Gasteiger partial charge on any atom is -0.469 e. The van der Waals surface area contributed by atoms with E-state index in [1.165, 1.54) is 7.11 Å². The van der Waals surface area contributed by atoms with Crippen LogP contribution in [0.25, 0.3) is 0 Å². The number of hydrogen-bond acceptors (Lipinski definition) is 4. The van der Waals surface area contributed by atoms with Crippen molar-refractivity contribution in [2.45, 2.75) is 12.8 Å². The molecular formula is C14H18N2O3. The summed E-state index contributed by atoms with van der Waals surface area (Å²) in [6.07, 6.45) is 0.799. The third kappa shape index (κ3) is 2.70. The van der Waals surface area contributed by atoms with Crippen LogP contribution in [0.4, 0.5) is 11.4 Å². The Hall–Kier alpha value is -2.04. The number of hydrogen-bond donors (Lipinski definition) is 0. The van der Waals surface area contributed by atoms with Gasteiger partial charge in [0.1, 0.15) is 0 Å². The maximum Gasteiger partial charge on any atom is 0.307 e. The molecule has 1 aromatic rings. The first-order valence-corrected chi connectivity index (χ1v) is 6.20. The Morgan fingerprint density at radius 3 is 2.89 bits per heavy atom. The second-order valence-electron chi connectivity index (χ2n) is 4.69. The van der Waals surface area contributed by atoms with Crippen molar-refractivity contribution in [1.82, 2.24) is 0 Å². The Balaban J connectivity index is 2.08. The number of nitrogens with zero attached hydrogens (tertiary/aromatic N) is 2. The van der Waals surface area contributed by atoms with Crippen molar-refractivity contribution >= 4 is 23.3 Å². The molecule has 0 aliphatic carbocycles. The molecule has 0 saturated carbocycles. The number of carbonyl (C=O) groups is 2. The molecule has 1 aromatic carbocycles. The number of esters is 1. The number of likely N-dealkylation sites (N-methyl/N-ethyl adjacent to an activating group) is 1. The lowest BCUT2D eigenvalue weighted by atomic mass is 10.1. The predicted octanol–water partition coefficient (Wildman–Crippen LogP) is 1.20. The fraction of sp³-hybridized carbons (Fsp3) is 0.429. The SMILES string of the molecule is COC(=O)CCN(C)c1ccc2c(c1)CC(=O)N2C. The van der Waals surface area contributed by atoms with E-state index in [9.17, 15) is 9.59 Å². The van der Waals surface area contributed by atoms with Crippen LogP contribution in [0.5, 0.6) is 0 Å². The summed E-state index contributed by atoms with van der Waals surface area (Å²) in [7, 11) is 5.10. The fourth-order valence-electron chi connectivity index (χ4n) is 2.18. The van der Waals surface area contributed by atoms with Crippen molar-refractivity contribution in [2.24, 2.45) is 0 Å². The van der Waals surface area contributed by atoms with E-state index in [1.54, 1.807) is 11.9 Å². The molecular weight excluding hydrogens is 244 g/mol. The molecule has 0 aromatic heterocycles. The number of ether oxygens (including phenoxy) is 1. The van der Waals surface area contributed by atoms with E-state index in [1.807, 2.05) is 30.1 Å². The van der Waals surface area contributed by atoms with E-state index in [2.05, 4.69) is 4.74 Å². The molecule has 0 fully saturated rings. The summed E-state index contributed by atoms with van der Waals surface area (Å²) in [5.41, 5.74) is 3.01. The van der Waals surface area contributed by atoms with Crippen LogP contribution in [0.1, 0.15) is 12.0 Å². The topological polar surface area (TPSA) is 49.9 Å². The molecule has 5 heteroatoms. The number of benzene rings is 1. The summed E-state index contributed by atoms with van der Waals surface area (Å²) < 4.78 is 4.62. The van der Waals surface area contributed by atoms with Crippen molar-refractivity contribution in [1.29, 1.82) is 0 Å². The molecule has 0 saturated heterocycles. The monoisotopic (exact) mass is 262 g/mol. The first-order valence-electron chi connectivity index (χ1n) is 6.20. The third-order valence-corrected chi connectivity index (χ3v) is 3.46. The van der Waals surface area contributed by atoms with E-state index in [0.29, 0.717) is 19.4 Å². The molecule has 0 atom stereocenters. The van der Waals surface area contributed by atoms with E-state index >= 15 is 0 Å². The quantitative estimate of drug-likeness (QED) is 0.765. The predicted molar refractivity (Wildman–Crippen MR) is 73.5 cm³/mol. The average molecular weight is 262 g/mol. The highest BCUT2D eigenvalue weighted by molar-refractivity contribution is 6.01. The minimum atomic E-state index is -0.220. The molecule has 1 aliphatic heterocycles. The van der Waals surface area contributed by atoms with Crippen LogP contribution in [-0.4, -0.2) is 39.6 Å². The van der Waals surface area contributed by atoms with Crippen molar-refractivity contribution < 1.29 is 14.3 Å². The van der Waals surface area contributed by atoms with Gasteiger partial charge in [-0.15, -0.1) is 0 Å². The molecule has 19 heavy (non-hydrogen) atoms. The number of fused-ring (bicyclic) bond motifs is 1. The highest BCUT2D eigenvalue weighted by atomic mass is 16.5. The minimum absolute atomic E-state index is 0.115. The summed E-state index contributed by atoms with van der Waals surface area (Å²) in [4.78, 5) is 26.4. The number of carbonyl (C=O) groups excluding carboxylic acids is 2. The van der Waals surface area contributed by atoms with Crippen LogP contribution in [0.3, 0.4) is 0 Å². The van der Waals surface area contributed by atoms with Crippen LogP contribution < -0.4 is 9.80 Å². The number of anilines is 2. The Labute approximate surface area is 112 Å². The second kappa shape index (κ2) is 5.30. The van der Waals surface area contributed by atoms with Crippen LogP contribution in [0.15, 0.2) is 18.2 Å². The van der Waals surface area contributed by atoms with Crippen LogP contribution >= 0.6 is 0 Å². The maximum absolute atomic E-state index is 11.6. The molecule has 0 bridgehead atoms. The van der Waals surface area contributed by atoms with E-state index in [0.717, 1.165) is 16.9 Å². The molecule has 0 radical (unpaired) electrons. The van der Waals surface area contributed by atoms with Crippen molar-refractivity contribution in [3.05, 3.63) is 23.8 Å². The van der Waals surface area contributed by atoms with Gasteiger partial charge in [0, 0.05) is 32.0 Å². The van der Waals surface area contributed by atoms with E-state index < -0.39 is 0 Å². The lowest BCUT2D eigenvalue weighted by Crippen LogP contribution is -2.21. The van der Waals surface area contributed by atoms with Gasteiger partial charge in [-0.05, 0) is 23.8 Å². The lowest BCUT2D eigenvalue weighted by Gasteiger charge is -2.20. The van der Waals surface area contributed by atoms with Crippen LogP contribution in [0, 0.1) is 0 Å². The van der Waals surface area contributed by atoms with Gasteiger partial charge in [0.05, 0.1) is 20.0 Å². The Kier molecular flexibility index (Phi) is 3.74. The van der Waals surface area contributed by atoms with E-state index in [4.69, 9.17) is 0 Å². The van der Waals surface area contributed by atoms with Crippen molar-refractivity contribution in [3.8, 4) is 0 Å². The zero-order valence-electron chi connectivity index (χ0n) is 11.5.